The Morgan fingerprint density at radius 2 is 2.00 bits per heavy atom. The number of rotatable bonds is 6. The molecule has 3 N–H and O–H groups in total. The number of aromatic nitrogens is 2. The van der Waals surface area contributed by atoms with Crippen molar-refractivity contribution in [3.8, 4) is 11.3 Å². The van der Waals surface area contributed by atoms with Crippen molar-refractivity contribution in [2.24, 2.45) is 5.73 Å². The molecule has 1 heterocycles. The first kappa shape index (κ1) is 15.9. The highest BCUT2D eigenvalue weighted by Crippen LogP contribution is 2.35. The molecule has 1 aromatic carbocycles. The highest BCUT2D eigenvalue weighted by Gasteiger charge is 2.22. The molecular formula is C18H23FN4. The van der Waals surface area contributed by atoms with Gasteiger partial charge in [0.25, 0.3) is 0 Å². The molecule has 1 saturated carbocycles. The maximum Gasteiger partial charge on any atom is 0.132 e. The second kappa shape index (κ2) is 7.51. The minimum absolute atomic E-state index is 0.259. The summed E-state index contributed by atoms with van der Waals surface area (Å²) in [5.41, 5.74) is 7.48. The van der Waals surface area contributed by atoms with Gasteiger partial charge in [0.2, 0.25) is 0 Å². The molecule has 0 atom stereocenters. The Labute approximate surface area is 136 Å². The molecule has 4 nitrogen and oxygen atoms in total. The van der Waals surface area contributed by atoms with Gasteiger partial charge in [-0.05, 0) is 37.9 Å². The summed E-state index contributed by atoms with van der Waals surface area (Å²) >= 11 is 0. The van der Waals surface area contributed by atoms with Gasteiger partial charge in [0, 0.05) is 18.0 Å². The van der Waals surface area contributed by atoms with Crippen LogP contribution in [0.5, 0.6) is 0 Å². The molecule has 122 valence electrons. The Hall–Kier alpha value is -2.01. The van der Waals surface area contributed by atoms with Crippen molar-refractivity contribution in [3.05, 3.63) is 42.1 Å². The smallest absolute Gasteiger partial charge is 0.132 e. The first-order valence-electron chi connectivity index (χ1n) is 8.35. The van der Waals surface area contributed by atoms with Gasteiger partial charge in [-0.2, -0.15) is 0 Å². The third-order valence-corrected chi connectivity index (χ3v) is 4.35. The van der Waals surface area contributed by atoms with Gasteiger partial charge < -0.3 is 11.1 Å². The van der Waals surface area contributed by atoms with Crippen LogP contribution in [-0.4, -0.2) is 23.1 Å². The topological polar surface area (TPSA) is 63.8 Å². The van der Waals surface area contributed by atoms with E-state index in [1.807, 2.05) is 6.07 Å². The van der Waals surface area contributed by atoms with E-state index in [1.165, 1.54) is 18.9 Å². The summed E-state index contributed by atoms with van der Waals surface area (Å²) in [6, 6.07) is 6.76. The number of halogens is 1. The normalized spacial score (nSPS) is 15.0. The third kappa shape index (κ3) is 3.67. The lowest BCUT2D eigenvalue weighted by atomic mass is 10.1. The fraction of sp³-hybridized carbons (Fsp3) is 0.444. The molecule has 1 aromatic heterocycles. The lowest BCUT2D eigenvalue weighted by Gasteiger charge is -2.15. The molecular weight excluding hydrogens is 291 g/mol. The van der Waals surface area contributed by atoms with Crippen LogP contribution in [0.2, 0.25) is 0 Å². The van der Waals surface area contributed by atoms with E-state index in [0.29, 0.717) is 23.7 Å². The van der Waals surface area contributed by atoms with Crippen LogP contribution in [0, 0.1) is 5.82 Å². The van der Waals surface area contributed by atoms with Crippen molar-refractivity contribution in [2.45, 2.75) is 38.0 Å². The SMILES string of the molecule is NCCCNc1cnc(C2CCCC2)nc1-c1ccccc1F. The van der Waals surface area contributed by atoms with E-state index in [-0.39, 0.29) is 5.82 Å². The van der Waals surface area contributed by atoms with Crippen molar-refractivity contribution in [1.29, 1.82) is 0 Å². The average Bonchev–Trinajstić information content (AvgIpc) is 3.10. The third-order valence-electron chi connectivity index (χ3n) is 4.35. The van der Waals surface area contributed by atoms with Gasteiger partial charge in [0.15, 0.2) is 0 Å². The van der Waals surface area contributed by atoms with E-state index in [9.17, 15) is 4.39 Å². The quantitative estimate of drug-likeness (QED) is 0.798. The Morgan fingerprint density at radius 3 is 2.74 bits per heavy atom. The molecule has 3 rings (SSSR count). The minimum Gasteiger partial charge on any atom is -0.382 e. The summed E-state index contributed by atoms with van der Waals surface area (Å²) in [5.74, 6) is 0.981. The fourth-order valence-corrected chi connectivity index (χ4v) is 3.09. The number of benzene rings is 1. The highest BCUT2D eigenvalue weighted by molar-refractivity contribution is 5.74. The number of hydrogen-bond acceptors (Lipinski definition) is 4. The standard InChI is InChI=1S/C18H23FN4/c19-15-9-4-3-8-14(15)17-16(21-11-5-10-20)12-22-18(23-17)13-6-1-2-7-13/h3-4,8-9,12-13,21H,1-2,5-7,10-11,20H2. The van der Waals surface area contributed by atoms with Gasteiger partial charge in [-0.3, -0.25) is 0 Å². The van der Waals surface area contributed by atoms with Crippen LogP contribution in [-0.2, 0) is 0 Å². The van der Waals surface area contributed by atoms with Crippen molar-refractivity contribution < 1.29 is 4.39 Å². The van der Waals surface area contributed by atoms with E-state index < -0.39 is 0 Å². The van der Waals surface area contributed by atoms with Crippen molar-refractivity contribution in [3.63, 3.8) is 0 Å². The zero-order valence-electron chi connectivity index (χ0n) is 13.3. The molecule has 0 aliphatic heterocycles. The second-order valence-corrected chi connectivity index (χ2v) is 6.02. The van der Waals surface area contributed by atoms with Crippen LogP contribution < -0.4 is 11.1 Å². The van der Waals surface area contributed by atoms with Gasteiger partial charge in [-0.1, -0.05) is 25.0 Å². The molecule has 0 bridgehead atoms. The molecule has 0 saturated heterocycles. The average molecular weight is 314 g/mol. The Balaban J connectivity index is 1.97. The molecule has 2 aromatic rings. The molecule has 0 amide bonds. The summed E-state index contributed by atoms with van der Waals surface area (Å²) in [6.45, 7) is 1.34. The van der Waals surface area contributed by atoms with E-state index in [2.05, 4.69) is 10.3 Å². The summed E-state index contributed by atoms with van der Waals surface area (Å²) in [5, 5.41) is 3.29. The number of nitrogens with zero attached hydrogens (tertiary/aromatic N) is 2. The molecule has 1 aliphatic carbocycles. The lowest BCUT2D eigenvalue weighted by Crippen LogP contribution is -2.11. The summed E-state index contributed by atoms with van der Waals surface area (Å²) in [7, 11) is 0. The molecule has 0 spiro atoms. The first-order chi connectivity index (χ1) is 11.3. The largest absolute Gasteiger partial charge is 0.382 e. The number of anilines is 1. The molecule has 5 heteroatoms. The minimum atomic E-state index is -0.259. The van der Waals surface area contributed by atoms with E-state index in [0.717, 1.165) is 37.3 Å². The van der Waals surface area contributed by atoms with Gasteiger partial charge in [0.05, 0.1) is 11.9 Å². The highest BCUT2D eigenvalue weighted by atomic mass is 19.1. The van der Waals surface area contributed by atoms with Crippen LogP contribution in [0.3, 0.4) is 0 Å². The zero-order valence-corrected chi connectivity index (χ0v) is 13.3. The number of nitrogens with one attached hydrogen (secondary N) is 1. The van der Waals surface area contributed by atoms with Gasteiger partial charge in [-0.25, -0.2) is 14.4 Å². The molecule has 0 unspecified atom stereocenters. The van der Waals surface area contributed by atoms with Gasteiger partial charge >= 0.3 is 0 Å². The van der Waals surface area contributed by atoms with E-state index >= 15 is 0 Å². The monoisotopic (exact) mass is 314 g/mol. The van der Waals surface area contributed by atoms with Gasteiger partial charge in [0.1, 0.15) is 17.3 Å². The van der Waals surface area contributed by atoms with Crippen LogP contribution in [0.25, 0.3) is 11.3 Å². The van der Waals surface area contributed by atoms with Crippen LogP contribution in [0.1, 0.15) is 43.8 Å². The zero-order chi connectivity index (χ0) is 16.1. The van der Waals surface area contributed by atoms with Gasteiger partial charge in [-0.15, -0.1) is 0 Å². The van der Waals surface area contributed by atoms with Crippen molar-refractivity contribution >= 4 is 5.69 Å². The van der Waals surface area contributed by atoms with E-state index in [4.69, 9.17) is 10.7 Å². The van der Waals surface area contributed by atoms with Crippen molar-refractivity contribution in [2.75, 3.05) is 18.4 Å². The Kier molecular flexibility index (Phi) is 5.18. The second-order valence-electron chi connectivity index (χ2n) is 6.02. The molecule has 23 heavy (non-hydrogen) atoms. The van der Waals surface area contributed by atoms with Crippen LogP contribution in [0.15, 0.2) is 30.5 Å². The molecule has 1 aliphatic rings. The number of nitrogens with two attached hydrogens (primary N) is 1. The fourth-order valence-electron chi connectivity index (χ4n) is 3.09. The Bertz CT molecular complexity index is 653. The summed E-state index contributed by atoms with van der Waals surface area (Å²) in [6.07, 6.45) is 7.33. The maximum atomic E-state index is 14.2. The lowest BCUT2D eigenvalue weighted by molar-refractivity contribution is 0.629. The number of hydrogen-bond donors (Lipinski definition) is 2. The van der Waals surface area contributed by atoms with Crippen LogP contribution in [0.4, 0.5) is 10.1 Å². The predicted octanol–water partition coefficient (Wildman–Crippen LogP) is 3.70. The Morgan fingerprint density at radius 1 is 1.22 bits per heavy atom. The van der Waals surface area contributed by atoms with Crippen molar-refractivity contribution in [1.82, 2.24) is 9.97 Å². The predicted molar refractivity (Wildman–Crippen MR) is 90.8 cm³/mol. The maximum absolute atomic E-state index is 14.2. The summed E-state index contributed by atoms with van der Waals surface area (Å²) in [4.78, 5) is 9.25. The molecule has 1 fully saturated rings. The first-order valence-corrected chi connectivity index (χ1v) is 8.35. The summed E-state index contributed by atoms with van der Waals surface area (Å²) < 4.78 is 14.2. The van der Waals surface area contributed by atoms with Crippen LogP contribution >= 0.6 is 0 Å². The van der Waals surface area contributed by atoms with E-state index in [1.54, 1.807) is 18.3 Å². The molecule has 0 radical (unpaired) electrons.